The van der Waals surface area contributed by atoms with Gasteiger partial charge >= 0.3 is 0 Å². The minimum atomic E-state index is 0.589. The molecule has 1 heterocycles. The standard InChI is InChI=1S/C13H12Cl2N2S/c14-9-4-1-7(5-10(9)15)6-11-12(8-2-3-8)17-13(16)18-11/h1,4-5,8H,2-3,6H2,(H2,16,17). The zero-order valence-corrected chi connectivity index (χ0v) is 11.9. The van der Waals surface area contributed by atoms with Crippen LogP contribution in [0.15, 0.2) is 18.2 Å². The predicted octanol–water partition coefficient (Wildman–Crippen LogP) is 4.50. The highest BCUT2D eigenvalue weighted by Crippen LogP contribution is 2.43. The summed E-state index contributed by atoms with van der Waals surface area (Å²) in [5.74, 6) is 0.622. The summed E-state index contributed by atoms with van der Waals surface area (Å²) in [7, 11) is 0. The lowest BCUT2D eigenvalue weighted by atomic mass is 10.1. The highest BCUT2D eigenvalue weighted by Gasteiger charge is 2.29. The number of aromatic nitrogens is 1. The highest BCUT2D eigenvalue weighted by atomic mass is 35.5. The summed E-state index contributed by atoms with van der Waals surface area (Å²) in [6.45, 7) is 0. The zero-order valence-electron chi connectivity index (χ0n) is 9.62. The van der Waals surface area contributed by atoms with Crippen molar-refractivity contribution in [3.63, 3.8) is 0 Å². The van der Waals surface area contributed by atoms with Gasteiger partial charge in [-0.15, -0.1) is 11.3 Å². The first-order chi connectivity index (χ1) is 8.63. The lowest BCUT2D eigenvalue weighted by Crippen LogP contribution is -1.91. The van der Waals surface area contributed by atoms with Crippen molar-refractivity contribution in [3.8, 4) is 0 Å². The minimum Gasteiger partial charge on any atom is -0.375 e. The number of benzene rings is 1. The van der Waals surface area contributed by atoms with Crippen LogP contribution in [0.2, 0.25) is 10.0 Å². The number of nitrogens with two attached hydrogens (primary N) is 1. The van der Waals surface area contributed by atoms with E-state index in [4.69, 9.17) is 28.9 Å². The number of nitrogen functional groups attached to an aromatic ring is 1. The third-order valence-electron chi connectivity index (χ3n) is 3.06. The summed E-state index contributed by atoms with van der Waals surface area (Å²) in [6.07, 6.45) is 3.30. The quantitative estimate of drug-likeness (QED) is 0.906. The van der Waals surface area contributed by atoms with E-state index in [0.717, 1.165) is 12.0 Å². The Hall–Kier alpha value is -0.770. The van der Waals surface area contributed by atoms with E-state index in [9.17, 15) is 0 Å². The highest BCUT2D eigenvalue weighted by molar-refractivity contribution is 7.15. The number of nitrogens with zero attached hydrogens (tertiary/aromatic N) is 1. The van der Waals surface area contributed by atoms with Crippen LogP contribution in [0.5, 0.6) is 0 Å². The topological polar surface area (TPSA) is 38.9 Å². The molecular formula is C13H12Cl2N2S. The number of hydrogen-bond donors (Lipinski definition) is 1. The van der Waals surface area contributed by atoms with Gasteiger partial charge in [0.1, 0.15) is 0 Å². The Bertz CT molecular complexity index is 591. The zero-order chi connectivity index (χ0) is 12.7. The number of halogens is 2. The molecule has 1 aromatic carbocycles. The number of hydrogen-bond acceptors (Lipinski definition) is 3. The van der Waals surface area contributed by atoms with E-state index in [1.54, 1.807) is 11.3 Å². The second-order valence-corrected chi connectivity index (χ2v) is 6.49. The Labute approximate surface area is 120 Å². The number of thiazole rings is 1. The van der Waals surface area contributed by atoms with Crippen molar-refractivity contribution >= 4 is 39.7 Å². The van der Waals surface area contributed by atoms with Crippen molar-refractivity contribution < 1.29 is 0 Å². The van der Waals surface area contributed by atoms with Crippen molar-refractivity contribution in [2.24, 2.45) is 0 Å². The second kappa shape index (κ2) is 4.72. The molecule has 2 nitrogen and oxygen atoms in total. The van der Waals surface area contributed by atoms with Crippen molar-refractivity contribution in [2.45, 2.75) is 25.2 Å². The molecule has 0 saturated heterocycles. The summed E-state index contributed by atoms with van der Waals surface area (Å²) < 4.78 is 0. The predicted molar refractivity (Wildman–Crippen MR) is 77.8 cm³/mol. The summed E-state index contributed by atoms with van der Waals surface area (Å²) in [4.78, 5) is 5.70. The van der Waals surface area contributed by atoms with Gasteiger partial charge < -0.3 is 5.73 Å². The molecule has 5 heteroatoms. The van der Waals surface area contributed by atoms with Crippen LogP contribution < -0.4 is 5.73 Å². The van der Waals surface area contributed by atoms with Crippen LogP contribution in [-0.2, 0) is 6.42 Å². The fraction of sp³-hybridized carbons (Fsp3) is 0.308. The summed E-state index contributed by atoms with van der Waals surface area (Å²) in [6, 6.07) is 5.75. The van der Waals surface area contributed by atoms with Crippen LogP contribution in [-0.4, -0.2) is 4.98 Å². The Kier molecular flexibility index (Phi) is 3.22. The van der Waals surface area contributed by atoms with Gasteiger partial charge in [0.2, 0.25) is 0 Å². The molecule has 1 saturated carbocycles. The van der Waals surface area contributed by atoms with Crippen LogP contribution in [0.3, 0.4) is 0 Å². The third kappa shape index (κ3) is 2.48. The van der Waals surface area contributed by atoms with Gasteiger partial charge in [0.15, 0.2) is 5.13 Å². The second-order valence-electron chi connectivity index (χ2n) is 4.56. The molecular weight excluding hydrogens is 287 g/mol. The van der Waals surface area contributed by atoms with Crippen molar-refractivity contribution in [2.75, 3.05) is 5.73 Å². The summed E-state index contributed by atoms with van der Waals surface area (Å²) in [5, 5.41) is 1.85. The monoisotopic (exact) mass is 298 g/mol. The van der Waals surface area contributed by atoms with E-state index in [0.29, 0.717) is 21.1 Å². The van der Waals surface area contributed by atoms with E-state index in [1.165, 1.54) is 23.4 Å². The smallest absolute Gasteiger partial charge is 0.180 e. The Morgan fingerprint density at radius 3 is 2.72 bits per heavy atom. The van der Waals surface area contributed by atoms with Crippen LogP contribution in [0.25, 0.3) is 0 Å². The van der Waals surface area contributed by atoms with Crippen molar-refractivity contribution in [1.29, 1.82) is 0 Å². The number of anilines is 1. The maximum Gasteiger partial charge on any atom is 0.180 e. The molecule has 0 unspecified atom stereocenters. The van der Waals surface area contributed by atoms with Gasteiger partial charge in [0.25, 0.3) is 0 Å². The molecule has 0 amide bonds. The maximum atomic E-state index is 6.03. The molecule has 2 aromatic rings. The molecule has 1 aliphatic rings. The molecule has 0 bridgehead atoms. The van der Waals surface area contributed by atoms with Crippen LogP contribution in [0.4, 0.5) is 5.13 Å². The van der Waals surface area contributed by atoms with Crippen molar-refractivity contribution in [3.05, 3.63) is 44.4 Å². The van der Waals surface area contributed by atoms with Crippen LogP contribution >= 0.6 is 34.5 Å². The van der Waals surface area contributed by atoms with E-state index < -0.39 is 0 Å². The molecule has 18 heavy (non-hydrogen) atoms. The molecule has 0 spiro atoms. The van der Waals surface area contributed by atoms with Crippen LogP contribution in [0.1, 0.15) is 34.9 Å². The van der Waals surface area contributed by atoms with Crippen LogP contribution in [0, 0.1) is 0 Å². The van der Waals surface area contributed by atoms with Gasteiger partial charge in [-0.05, 0) is 30.5 Å². The Morgan fingerprint density at radius 1 is 1.28 bits per heavy atom. The van der Waals surface area contributed by atoms with Gasteiger partial charge in [-0.1, -0.05) is 29.3 Å². The minimum absolute atomic E-state index is 0.589. The van der Waals surface area contributed by atoms with Gasteiger partial charge in [0, 0.05) is 17.2 Å². The first-order valence-corrected chi connectivity index (χ1v) is 7.39. The van der Waals surface area contributed by atoms with Gasteiger partial charge in [-0.25, -0.2) is 4.98 Å². The third-order valence-corrected chi connectivity index (χ3v) is 4.70. The van der Waals surface area contributed by atoms with E-state index in [-0.39, 0.29) is 0 Å². The normalized spacial score (nSPS) is 15.0. The molecule has 1 fully saturated rings. The Balaban J connectivity index is 1.89. The van der Waals surface area contributed by atoms with E-state index >= 15 is 0 Å². The fourth-order valence-electron chi connectivity index (χ4n) is 2.02. The summed E-state index contributed by atoms with van der Waals surface area (Å²) >= 11 is 13.5. The number of rotatable bonds is 3. The van der Waals surface area contributed by atoms with Gasteiger partial charge in [-0.2, -0.15) is 0 Å². The van der Waals surface area contributed by atoms with Gasteiger partial charge in [0.05, 0.1) is 15.7 Å². The summed E-state index contributed by atoms with van der Waals surface area (Å²) in [5.41, 5.74) is 8.14. The molecule has 0 radical (unpaired) electrons. The molecule has 0 aliphatic heterocycles. The fourth-order valence-corrected chi connectivity index (χ4v) is 3.29. The van der Waals surface area contributed by atoms with Gasteiger partial charge in [-0.3, -0.25) is 0 Å². The van der Waals surface area contributed by atoms with E-state index in [2.05, 4.69) is 4.98 Å². The average Bonchev–Trinajstić information content (AvgIpc) is 3.09. The SMILES string of the molecule is Nc1nc(C2CC2)c(Cc2ccc(Cl)c(Cl)c2)s1. The first-order valence-electron chi connectivity index (χ1n) is 5.82. The molecule has 94 valence electrons. The molecule has 2 N–H and O–H groups in total. The maximum absolute atomic E-state index is 6.03. The Morgan fingerprint density at radius 2 is 2.06 bits per heavy atom. The molecule has 3 rings (SSSR count). The molecule has 1 aromatic heterocycles. The average molecular weight is 299 g/mol. The molecule has 0 atom stereocenters. The largest absolute Gasteiger partial charge is 0.375 e. The lowest BCUT2D eigenvalue weighted by molar-refractivity contribution is 1.01. The molecule has 1 aliphatic carbocycles. The first kappa shape index (κ1) is 12.3. The lowest BCUT2D eigenvalue weighted by Gasteiger charge is -2.03. The van der Waals surface area contributed by atoms with E-state index in [1.807, 2.05) is 18.2 Å². The van der Waals surface area contributed by atoms with Crippen molar-refractivity contribution in [1.82, 2.24) is 4.98 Å².